The maximum atomic E-state index is 13.0. The van der Waals surface area contributed by atoms with Crippen molar-refractivity contribution < 1.29 is 39.0 Å². The number of aliphatic hydroxyl groups excluding tert-OH is 2. The number of nitrogens with one attached hydrogen (secondary N) is 1. The zero-order chi connectivity index (χ0) is 25.5. The van der Waals surface area contributed by atoms with Crippen molar-refractivity contribution in [1.82, 2.24) is 19.6 Å². The number of thioether (sulfide) groups is 1. The Hall–Kier alpha value is -2.79. The number of carboxylic acids is 1. The highest BCUT2D eigenvalue weighted by atomic mass is 32.2. The maximum absolute atomic E-state index is 13.0. The number of hydrogen-bond acceptors (Lipinski definition) is 13. The third-order valence-corrected chi connectivity index (χ3v) is 8.28. The molecule has 0 saturated carbocycles. The van der Waals surface area contributed by atoms with E-state index in [4.69, 9.17) is 10.6 Å². The van der Waals surface area contributed by atoms with E-state index in [1.54, 1.807) is 0 Å². The zero-order valence-corrected chi connectivity index (χ0v) is 20.5. The molecule has 190 valence electrons. The molecule has 2 saturated heterocycles. The van der Waals surface area contributed by atoms with E-state index in [2.05, 4.69) is 19.8 Å². The van der Waals surface area contributed by atoms with Crippen LogP contribution in [0.3, 0.4) is 0 Å². The van der Waals surface area contributed by atoms with Crippen molar-refractivity contribution in [3.63, 3.8) is 0 Å². The first-order valence-electron chi connectivity index (χ1n) is 10.6. The van der Waals surface area contributed by atoms with Gasteiger partial charge < -0.3 is 40.5 Å². The van der Waals surface area contributed by atoms with Crippen LogP contribution in [0.1, 0.15) is 12.2 Å². The molecular formula is C19H25N7O7S2. The highest BCUT2D eigenvalue weighted by Crippen LogP contribution is 2.41. The zero-order valence-electron chi connectivity index (χ0n) is 18.9. The van der Waals surface area contributed by atoms with Crippen molar-refractivity contribution in [2.75, 3.05) is 45.3 Å². The number of carboxylic acid groups (broad SMARTS) is 1. The van der Waals surface area contributed by atoms with Gasteiger partial charge in [-0.25, -0.2) is 0 Å². The first-order chi connectivity index (χ1) is 16.6. The average molecular weight is 528 g/mol. The summed E-state index contributed by atoms with van der Waals surface area (Å²) < 4.78 is 4.18. The quantitative estimate of drug-likeness (QED) is 0.113. The fourth-order valence-corrected chi connectivity index (χ4v) is 6.55. The average Bonchev–Trinajstić information content (AvgIpc) is 3.36. The molecule has 1 unspecified atom stereocenters. The minimum Gasteiger partial charge on any atom is -0.543 e. The van der Waals surface area contributed by atoms with Crippen LogP contribution in [0.5, 0.6) is 0 Å². The van der Waals surface area contributed by atoms with E-state index in [-0.39, 0.29) is 51.8 Å². The summed E-state index contributed by atoms with van der Waals surface area (Å²) in [7, 11) is 3.07. The number of quaternary nitrogens is 1. The van der Waals surface area contributed by atoms with Gasteiger partial charge in [-0.2, -0.15) is 9.36 Å². The van der Waals surface area contributed by atoms with Crippen molar-refractivity contribution in [1.29, 1.82) is 0 Å². The number of aliphatic carboxylic acids is 1. The van der Waals surface area contributed by atoms with Crippen LogP contribution in [0.15, 0.2) is 16.4 Å². The molecule has 1 aromatic heterocycles. The molecule has 0 bridgehead atoms. The van der Waals surface area contributed by atoms with Crippen LogP contribution in [-0.2, 0) is 19.2 Å². The van der Waals surface area contributed by atoms with Gasteiger partial charge in [0.2, 0.25) is 11.5 Å². The van der Waals surface area contributed by atoms with Gasteiger partial charge in [0, 0.05) is 29.3 Å². The van der Waals surface area contributed by atoms with Gasteiger partial charge in [0.1, 0.15) is 43.8 Å². The molecular weight excluding hydrogens is 502 g/mol. The monoisotopic (exact) mass is 527 g/mol. The third-order valence-electron chi connectivity index (χ3n) is 6.39. The molecule has 2 amide bonds. The molecule has 0 aromatic carbocycles. The van der Waals surface area contributed by atoms with Gasteiger partial charge in [0.05, 0.1) is 25.3 Å². The molecule has 3 aliphatic rings. The van der Waals surface area contributed by atoms with Crippen molar-refractivity contribution >= 4 is 51.9 Å². The van der Waals surface area contributed by atoms with Crippen molar-refractivity contribution in [3.8, 4) is 0 Å². The van der Waals surface area contributed by atoms with Crippen LogP contribution in [0, 0.1) is 0 Å². The Balaban J connectivity index is 1.53. The Morgan fingerprint density at radius 3 is 2.80 bits per heavy atom. The minimum atomic E-state index is -1.50. The van der Waals surface area contributed by atoms with Gasteiger partial charge in [0.25, 0.3) is 11.8 Å². The molecule has 4 rings (SSSR count). The van der Waals surface area contributed by atoms with Gasteiger partial charge in [-0.1, -0.05) is 5.16 Å². The number of likely N-dealkylation sites (tertiary alicyclic amines) is 1. The number of β-lactam (4-membered cyclic amide) rings is 1. The number of nitrogens with zero attached hydrogens (tertiary/aromatic N) is 5. The molecule has 0 spiro atoms. The molecule has 5 N–H and O–H groups in total. The predicted octanol–water partition coefficient (Wildman–Crippen LogP) is -3.55. The Morgan fingerprint density at radius 1 is 1.46 bits per heavy atom. The Labute approximate surface area is 208 Å². The number of amides is 2. The lowest BCUT2D eigenvalue weighted by atomic mass is 10.0. The van der Waals surface area contributed by atoms with E-state index >= 15 is 0 Å². The number of oxime groups is 1. The van der Waals surface area contributed by atoms with Crippen LogP contribution >= 0.6 is 23.3 Å². The summed E-state index contributed by atoms with van der Waals surface area (Å²) in [5, 5.41) is 37.5. The molecule has 16 heteroatoms. The molecule has 1 aromatic rings. The van der Waals surface area contributed by atoms with E-state index in [0.717, 1.165) is 16.4 Å². The molecule has 35 heavy (non-hydrogen) atoms. The van der Waals surface area contributed by atoms with Crippen LogP contribution < -0.4 is 16.2 Å². The smallest absolute Gasteiger partial charge is 0.278 e. The Morgan fingerprint density at radius 2 is 2.20 bits per heavy atom. The summed E-state index contributed by atoms with van der Waals surface area (Å²) in [6, 6.07) is -1.26. The summed E-state index contributed by atoms with van der Waals surface area (Å²) in [6.07, 6.45) is -0.206. The van der Waals surface area contributed by atoms with Gasteiger partial charge in [-0.05, 0) is 0 Å². The van der Waals surface area contributed by atoms with Crippen molar-refractivity contribution in [2.45, 2.75) is 30.0 Å². The second kappa shape index (κ2) is 9.69. The first-order valence-corrected chi connectivity index (χ1v) is 12.4. The fourth-order valence-electron chi connectivity index (χ4n) is 4.78. The number of rotatable bonds is 8. The van der Waals surface area contributed by atoms with Crippen LogP contribution in [-0.4, -0.2) is 116 Å². The molecule has 14 nitrogen and oxygen atoms in total. The highest BCUT2D eigenvalue weighted by Gasteiger charge is 2.54. The summed E-state index contributed by atoms with van der Waals surface area (Å²) in [6.45, 7) is 0.430. The minimum absolute atomic E-state index is 0.0624. The number of carbonyl (C=O) groups is 3. The lowest BCUT2D eigenvalue weighted by molar-refractivity contribution is -0.918. The topological polar surface area (TPSA) is 203 Å². The number of nitrogens with two attached hydrogens (primary N) is 1. The van der Waals surface area contributed by atoms with Gasteiger partial charge in [0.15, 0.2) is 5.13 Å². The van der Waals surface area contributed by atoms with E-state index in [0.29, 0.717) is 18.5 Å². The molecule has 3 aliphatic heterocycles. The lowest BCUT2D eigenvalue weighted by Crippen LogP contribution is -2.72. The van der Waals surface area contributed by atoms with Gasteiger partial charge in [-0.3, -0.25) is 14.5 Å². The number of aliphatic hydroxyl groups is 2. The molecule has 5 atom stereocenters. The van der Waals surface area contributed by atoms with E-state index in [1.807, 2.05) is 7.05 Å². The molecule has 4 heterocycles. The van der Waals surface area contributed by atoms with E-state index in [1.165, 1.54) is 18.9 Å². The standard InChI is InChI=1S/C19H25N7O7S2/c1-26(5-10(28)3-9(26)6-27)4-8-7-34-17-12(16(30)25(17)13(8)18(31)32)21-15(29)11(23-33-2)14-22-19(20)35-24-14/h9-10,12,17,27-28H,3-7H2,1-2H3,(H3-,20,21,22,24,29,31,32)/b23-11-/t9-,10+,12+,17+,26?/m0/s1. The van der Waals surface area contributed by atoms with Crippen LogP contribution in [0.25, 0.3) is 0 Å². The third kappa shape index (κ3) is 4.58. The van der Waals surface area contributed by atoms with Crippen LogP contribution in [0.2, 0.25) is 0 Å². The Kier molecular flexibility index (Phi) is 7.01. The fraction of sp³-hybridized carbons (Fsp3) is 0.579. The summed E-state index contributed by atoms with van der Waals surface area (Å²) >= 11 is 2.16. The van der Waals surface area contributed by atoms with Gasteiger partial charge >= 0.3 is 0 Å². The van der Waals surface area contributed by atoms with Gasteiger partial charge in [-0.15, -0.1) is 11.8 Å². The molecule has 2 fully saturated rings. The summed E-state index contributed by atoms with van der Waals surface area (Å²) in [5.74, 6) is -2.68. The number of likely N-dealkylation sites (N-methyl/N-ethyl adjacent to an activating group) is 1. The highest BCUT2D eigenvalue weighted by molar-refractivity contribution is 8.00. The van der Waals surface area contributed by atoms with E-state index < -0.39 is 35.3 Å². The van der Waals surface area contributed by atoms with E-state index in [9.17, 15) is 29.7 Å². The first kappa shape index (κ1) is 25.3. The predicted molar refractivity (Wildman–Crippen MR) is 122 cm³/mol. The summed E-state index contributed by atoms with van der Waals surface area (Å²) in [5.41, 5.74) is 5.53. The number of fused-ring (bicyclic) bond motifs is 1. The summed E-state index contributed by atoms with van der Waals surface area (Å²) in [4.78, 5) is 47.6. The molecule has 0 radical (unpaired) electrons. The second-order valence-electron chi connectivity index (χ2n) is 8.73. The number of hydrogen-bond donors (Lipinski definition) is 4. The normalized spacial score (nSPS) is 30.7. The molecule has 0 aliphatic carbocycles. The number of aromatic nitrogens is 2. The van der Waals surface area contributed by atoms with Crippen molar-refractivity contribution in [3.05, 3.63) is 17.1 Å². The van der Waals surface area contributed by atoms with Crippen LogP contribution in [0.4, 0.5) is 5.13 Å². The lowest BCUT2D eigenvalue weighted by Gasteiger charge is -2.51. The Bertz CT molecular complexity index is 1110. The van der Waals surface area contributed by atoms with Crippen molar-refractivity contribution in [2.24, 2.45) is 5.16 Å². The number of nitrogen functional groups attached to an aromatic ring is 1. The number of anilines is 1. The largest absolute Gasteiger partial charge is 0.543 e. The number of carbonyl (C=O) groups excluding carboxylic acids is 3. The maximum Gasteiger partial charge on any atom is 0.278 e. The second-order valence-corrected chi connectivity index (χ2v) is 10.6. The SMILES string of the molecule is CO/N=C(\C(=O)N[C@@H]1C(=O)N2C(C(=O)[O-])=C(C[N+]3(C)C[C@H](O)C[C@H]3CO)CS[C@H]12)c1nsc(N)n1.